The summed E-state index contributed by atoms with van der Waals surface area (Å²) in [7, 11) is 0. The first kappa shape index (κ1) is 11.9. The second kappa shape index (κ2) is 4.53. The summed E-state index contributed by atoms with van der Waals surface area (Å²) in [6.45, 7) is 1.14. The van der Waals surface area contributed by atoms with Gasteiger partial charge in [0.2, 0.25) is 0 Å². The molecule has 1 aromatic carbocycles. The van der Waals surface area contributed by atoms with E-state index in [4.69, 9.17) is 5.73 Å². The molecule has 0 saturated heterocycles. The zero-order valence-corrected chi connectivity index (χ0v) is 8.30. The maximum absolute atomic E-state index is 13.1. The van der Waals surface area contributed by atoms with E-state index >= 15 is 0 Å². The predicted octanol–water partition coefficient (Wildman–Crippen LogP) is 1.00. The predicted molar refractivity (Wildman–Crippen MR) is 52.4 cm³/mol. The summed E-state index contributed by atoms with van der Waals surface area (Å²) in [5.74, 6) is 0.616. The first-order valence-corrected chi connectivity index (χ1v) is 4.23. The number of hydrogen-bond donors (Lipinski definition) is 1. The number of amides is 1. The summed E-state index contributed by atoms with van der Waals surface area (Å²) in [6.07, 6.45) is 0. The van der Waals surface area contributed by atoms with Gasteiger partial charge in [-0.3, -0.25) is 9.59 Å². The fourth-order valence-electron chi connectivity index (χ4n) is 1.04. The minimum Gasteiger partial charge on any atom is -0.359 e. The molecule has 5 heteroatoms. The van der Waals surface area contributed by atoms with Gasteiger partial charge in [0.05, 0.1) is 11.1 Å². The van der Waals surface area contributed by atoms with Crippen LogP contribution in [-0.2, 0) is 4.79 Å². The Morgan fingerprint density at radius 2 is 1.88 bits per heavy atom. The van der Waals surface area contributed by atoms with E-state index in [0.717, 1.165) is 13.0 Å². The fourth-order valence-corrected chi connectivity index (χ4v) is 1.04. The quantitative estimate of drug-likeness (QED) is 0.570. The molecule has 0 bridgehead atoms. The third-order valence-corrected chi connectivity index (χ3v) is 1.76. The van der Waals surface area contributed by atoms with Crippen LogP contribution < -0.4 is 5.73 Å². The lowest BCUT2D eigenvalue weighted by atomic mass is 10.1. The number of Topliss-reactive ketones (excluding diaryl/α,β-unsaturated/α-hetero) is 1. The number of primary amides is 1. The molecule has 0 fully saturated rings. The molecule has 0 atom stereocenters. The molecule has 0 aromatic heterocycles. The first-order valence-electron chi connectivity index (χ1n) is 4.23. The van der Waals surface area contributed by atoms with Crippen molar-refractivity contribution in [3.05, 3.63) is 34.9 Å². The first-order chi connectivity index (χ1) is 7.41. The summed E-state index contributed by atoms with van der Waals surface area (Å²) in [5.41, 5.74) is 4.21. The molecule has 0 saturated carbocycles. The molecule has 1 rings (SSSR count). The van der Waals surface area contributed by atoms with Crippen molar-refractivity contribution in [3.8, 4) is 11.8 Å². The van der Waals surface area contributed by atoms with Gasteiger partial charge in [0, 0.05) is 12.0 Å². The average Bonchev–Trinajstić information content (AvgIpc) is 2.15. The number of benzene rings is 1. The van der Waals surface area contributed by atoms with Gasteiger partial charge in [0.1, 0.15) is 11.6 Å². The average molecular weight is 223 g/mol. The van der Waals surface area contributed by atoms with E-state index in [1.54, 1.807) is 0 Å². The molecule has 1 amide bonds. The Hall–Kier alpha value is -2.22. The van der Waals surface area contributed by atoms with Crippen molar-refractivity contribution in [2.24, 2.45) is 5.73 Å². The van der Waals surface area contributed by atoms with E-state index in [1.165, 1.54) is 0 Å². The van der Waals surface area contributed by atoms with Crippen LogP contribution in [0.4, 0.5) is 8.78 Å². The third-order valence-electron chi connectivity index (χ3n) is 1.76. The molecular weight excluding hydrogens is 216 g/mol. The van der Waals surface area contributed by atoms with E-state index < -0.39 is 23.3 Å². The summed E-state index contributed by atoms with van der Waals surface area (Å²) >= 11 is 0. The normalized spacial score (nSPS) is 9.19. The molecule has 0 aliphatic carbocycles. The van der Waals surface area contributed by atoms with Gasteiger partial charge in [-0.05, 0) is 13.0 Å². The zero-order chi connectivity index (χ0) is 12.3. The van der Waals surface area contributed by atoms with Gasteiger partial charge in [0.15, 0.2) is 5.78 Å². The Morgan fingerprint density at radius 3 is 2.38 bits per heavy atom. The Balaban J connectivity index is 3.32. The molecule has 0 radical (unpaired) electrons. The smallest absolute Gasteiger partial charge is 0.293 e. The topological polar surface area (TPSA) is 60.2 Å². The lowest BCUT2D eigenvalue weighted by molar-refractivity contribution is -0.112. The maximum Gasteiger partial charge on any atom is 0.293 e. The molecule has 1 aromatic rings. The van der Waals surface area contributed by atoms with E-state index in [-0.39, 0.29) is 11.1 Å². The molecule has 2 N–H and O–H groups in total. The SMILES string of the molecule is CC(=O)c1cc(C#CC(N)=O)c(F)cc1F. The lowest BCUT2D eigenvalue weighted by Gasteiger charge is -2.00. The van der Waals surface area contributed by atoms with Crippen LogP contribution in [0.2, 0.25) is 0 Å². The largest absolute Gasteiger partial charge is 0.359 e. The Kier molecular flexibility index (Phi) is 3.36. The summed E-state index contributed by atoms with van der Waals surface area (Å²) in [5, 5.41) is 0. The second-order valence-electron chi connectivity index (χ2n) is 2.98. The Labute approximate surface area is 90.2 Å². The number of ketones is 1. The minimum absolute atomic E-state index is 0.245. The van der Waals surface area contributed by atoms with Crippen molar-refractivity contribution >= 4 is 11.7 Å². The van der Waals surface area contributed by atoms with Gasteiger partial charge < -0.3 is 5.73 Å². The van der Waals surface area contributed by atoms with Gasteiger partial charge in [-0.1, -0.05) is 5.92 Å². The van der Waals surface area contributed by atoms with Crippen molar-refractivity contribution in [3.63, 3.8) is 0 Å². The highest BCUT2D eigenvalue weighted by molar-refractivity contribution is 5.95. The molecule has 3 nitrogen and oxygen atoms in total. The van der Waals surface area contributed by atoms with Crippen molar-refractivity contribution < 1.29 is 18.4 Å². The highest BCUT2D eigenvalue weighted by atomic mass is 19.1. The van der Waals surface area contributed by atoms with Crippen LogP contribution in [0, 0.1) is 23.5 Å². The molecule has 82 valence electrons. The van der Waals surface area contributed by atoms with E-state index in [0.29, 0.717) is 6.07 Å². The van der Waals surface area contributed by atoms with Gasteiger partial charge in [-0.25, -0.2) is 8.78 Å². The Bertz CT molecular complexity index is 527. The van der Waals surface area contributed by atoms with Crippen molar-refractivity contribution in [2.45, 2.75) is 6.92 Å². The molecule has 0 aliphatic heterocycles. The molecule has 0 unspecified atom stereocenters. The van der Waals surface area contributed by atoms with Crippen LogP contribution >= 0.6 is 0 Å². The molecular formula is C11H7F2NO2. The highest BCUT2D eigenvalue weighted by Crippen LogP contribution is 2.14. The van der Waals surface area contributed by atoms with Crippen LogP contribution in [0.3, 0.4) is 0 Å². The van der Waals surface area contributed by atoms with Gasteiger partial charge in [-0.2, -0.15) is 0 Å². The lowest BCUT2D eigenvalue weighted by Crippen LogP contribution is -2.06. The number of hydrogen-bond acceptors (Lipinski definition) is 2. The number of nitrogens with two attached hydrogens (primary N) is 1. The zero-order valence-electron chi connectivity index (χ0n) is 8.30. The van der Waals surface area contributed by atoms with Gasteiger partial charge in [-0.15, -0.1) is 0 Å². The van der Waals surface area contributed by atoms with Crippen LogP contribution in [0.5, 0.6) is 0 Å². The van der Waals surface area contributed by atoms with E-state index in [2.05, 4.69) is 5.92 Å². The molecule has 0 aliphatic rings. The van der Waals surface area contributed by atoms with Crippen molar-refractivity contribution in [1.82, 2.24) is 0 Å². The molecule has 0 heterocycles. The van der Waals surface area contributed by atoms with Crippen LogP contribution in [0.1, 0.15) is 22.8 Å². The highest BCUT2D eigenvalue weighted by Gasteiger charge is 2.11. The summed E-state index contributed by atoms with van der Waals surface area (Å²) in [4.78, 5) is 21.3. The second-order valence-corrected chi connectivity index (χ2v) is 2.98. The number of halogens is 2. The summed E-state index contributed by atoms with van der Waals surface area (Å²) < 4.78 is 26.2. The maximum atomic E-state index is 13.1. The van der Waals surface area contributed by atoms with Crippen LogP contribution in [0.25, 0.3) is 0 Å². The van der Waals surface area contributed by atoms with Gasteiger partial charge in [0.25, 0.3) is 5.91 Å². The molecule has 16 heavy (non-hydrogen) atoms. The van der Waals surface area contributed by atoms with Crippen molar-refractivity contribution in [1.29, 1.82) is 0 Å². The van der Waals surface area contributed by atoms with Gasteiger partial charge >= 0.3 is 0 Å². The van der Waals surface area contributed by atoms with E-state index in [1.807, 2.05) is 5.92 Å². The number of rotatable bonds is 1. The van der Waals surface area contributed by atoms with E-state index in [9.17, 15) is 18.4 Å². The minimum atomic E-state index is -0.963. The summed E-state index contributed by atoms with van der Waals surface area (Å²) in [6, 6.07) is 1.49. The monoisotopic (exact) mass is 223 g/mol. The Morgan fingerprint density at radius 1 is 1.25 bits per heavy atom. The number of carbonyl (C=O) groups excluding carboxylic acids is 2. The van der Waals surface area contributed by atoms with Crippen molar-refractivity contribution in [2.75, 3.05) is 0 Å². The third kappa shape index (κ3) is 2.64. The van der Waals surface area contributed by atoms with Crippen LogP contribution in [0.15, 0.2) is 12.1 Å². The standard InChI is InChI=1S/C11H7F2NO2/c1-6(15)8-4-7(2-3-11(14)16)9(12)5-10(8)13/h4-5H,1H3,(H2,14,16). The van der Waals surface area contributed by atoms with Crippen LogP contribution in [-0.4, -0.2) is 11.7 Å². The number of carbonyl (C=O) groups is 2. The fraction of sp³-hybridized carbons (Fsp3) is 0.0909. The molecule has 0 spiro atoms.